The van der Waals surface area contributed by atoms with Gasteiger partial charge in [-0.15, -0.1) is 0 Å². The van der Waals surface area contributed by atoms with Crippen molar-refractivity contribution in [2.75, 3.05) is 26.2 Å². The summed E-state index contributed by atoms with van der Waals surface area (Å²) in [5.41, 5.74) is 9.27. The highest BCUT2D eigenvalue weighted by atomic mass is 16.5. The lowest BCUT2D eigenvalue weighted by atomic mass is 10.2. The van der Waals surface area contributed by atoms with Gasteiger partial charge in [-0.2, -0.15) is 0 Å². The standard InChI is InChI=1S/C13H20N4O/c1-3-17(4-2)9-10-18-13-8-6-5-7-12(13)11-15-16-14/h5-8H,3-4,9-11H2,1-2H3. The Morgan fingerprint density at radius 1 is 1.28 bits per heavy atom. The van der Waals surface area contributed by atoms with Gasteiger partial charge in [0.25, 0.3) is 0 Å². The Kier molecular flexibility index (Phi) is 6.69. The molecule has 0 aliphatic carbocycles. The number of azide groups is 1. The van der Waals surface area contributed by atoms with Crippen LogP contribution in [-0.4, -0.2) is 31.1 Å². The van der Waals surface area contributed by atoms with Gasteiger partial charge in [0.1, 0.15) is 12.4 Å². The van der Waals surface area contributed by atoms with Gasteiger partial charge in [0, 0.05) is 11.5 Å². The van der Waals surface area contributed by atoms with Crippen LogP contribution in [0.25, 0.3) is 10.4 Å². The predicted molar refractivity (Wildman–Crippen MR) is 72.6 cm³/mol. The largest absolute Gasteiger partial charge is 0.492 e. The molecular weight excluding hydrogens is 228 g/mol. The zero-order valence-corrected chi connectivity index (χ0v) is 11.0. The Labute approximate surface area is 108 Å². The third-order valence-electron chi connectivity index (χ3n) is 2.84. The Bertz CT molecular complexity index is 398. The maximum atomic E-state index is 8.34. The van der Waals surface area contributed by atoms with E-state index in [4.69, 9.17) is 10.3 Å². The van der Waals surface area contributed by atoms with E-state index in [0.717, 1.165) is 30.9 Å². The molecule has 0 N–H and O–H groups in total. The van der Waals surface area contributed by atoms with Crippen LogP contribution in [0.4, 0.5) is 0 Å². The van der Waals surface area contributed by atoms with Crippen LogP contribution in [0.1, 0.15) is 19.4 Å². The molecule has 0 spiro atoms. The van der Waals surface area contributed by atoms with Gasteiger partial charge in [0.05, 0.1) is 6.54 Å². The van der Waals surface area contributed by atoms with E-state index in [9.17, 15) is 0 Å². The fourth-order valence-corrected chi connectivity index (χ4v) is 1.71. The van der Waals surface area contributed by atoms with E-state index >= 15 is 0 Å². The minimum Gasteiger partial charge on any atom is -0.492 e. The van der Waals surface area contributed by atoms with Crippen LogP contribution >= 0.6 is 0 Å². The Hall–Kier alpha value is -1.71. The van der Waals surface area contributed by atoms with Gasteiger partial charge in [0.15, 0.2) is 0 Å². The number of nitrogens with zero attached hydrogens (tertiary/aromatic N) is 4. The van der Waals surface area contributed by atoms with E-state index in [1.807, 2.05) is 24.3 Å². The average molecular weight is 248 g/mol. The highest BCUT2D eigenvalue weighted by molar-refractivity contribution is 5.33. The van der Waals surface area contributed by atoms with Crippen molar-refractivity contribution >= 4 is 0 Å². The molecule has 0 amide bonds. The number of hydrogen-bond donors (Lipinski definition) is 0. The summed E-state index contributed by atoms with van der Waals surface area (Å²) in [6, 6.07) is 7.66. The van der Waals surface area contributed by atoms with Gasteiger partial charge < -0.3 is 9.64 Å². The van der Waals surface area contributed by atoms with Crippen molar-refractivity contribution in [1.82, 2.24) is 4.90 Å². The summed E-state index contributed by atoms with van der Waals surface area (Å²) >= 11 is 0. The SMILES string of the molecule is CCN(CC)CCOc1ccccc1CN=[N+]=[N-]. The molecule has 0 aromatic heterocycles. The van der Waals surface area contributed by atoms with Crippen LogP contribution in [0.5, 0.6) is 5.75 Å². The van der Waals surface area contributed by atoms with Crippen molar-refractivity contribution < 1.29 is 4.74 Å². The number of para-hydroxylation sites is 1. The molecule has 0 radical (unpaired) electrons. The van der Waals surface area contributed by atoms with Crippen LogP contribution in [0.15, 0.2) is 29.4 Å². The first kappa shape index (κ1) is 14.4. The first-order valence-corrected chi connectivity index (χ1v) is 6.25. The van der Waals surface area contributed by atoms with E-state index in [2.05, 4.69) is 28.8 Å². The molecule has 0 fully saturated rings. The van der Waals surface area contributed by atoms with E-state index in [1.54, 1.807) is 0 Å². The number of benzene rings is 1. The maximum absolute atomic E-state index is 8.34. The third kappa shape index (κ3) is 4.65. The topological polar surface area (TPSA) is 61.2 Å². The van der Waals surface area contributed by atoms with E-state index < -0.39 is 0 Å². The molecular formula is C13H20N4O. The number of hydrogen-bond acceptors (Lipinski definition) is 3. The molecule has 5 nitrogen and oxygen atoms in total. The van der Waals surface area contributed by atoms with Gasteiger partial charge in [-0.3, -0.25) is 0 Å². The highest BCUT2D eigenvalue weighted by Gasteiger charge is 2.03. The summed E-state index contributed by atoms with van der Waals surface area (Å²) in [7, 11) is 0. The van der Waals surface area contributed by atoms with E-state index in [1.165, 1.54) is 0 Å². The zero-order chi connectivity index (χ0) is 13.2. The molecule has 0 atom stereocenters. The summed E-state index contributed by atoms with van der Waals surface area (Å²) in [4.78, 5) is 5.07. The molecule has 18 heavy (non-hydrogen) atoms. The quantitative estimate of drug-likeness (QED) is 0.403. The minimum atomic E-state index is 0.331. The second kappa shape index (κ2) is 8.39. The first-order valence-electron chi connectivity index (χ1n) is 6.25. The van der Waals surface area contributed by atoms with Crippen LogP contribution < -0.4 is 4.74 Å². The fraction of sp³-hybridized carbons (Fsp3) is 0.538. The summed E-state index contributed by atoms with van der Waals surface area (Å²) < 4.78 is 5.74. The van der Waals surface area contributed by atoms with Gasteiger partial charge in [-0.25, -0.2) is 0 Å². The maximum Gasteiger partial charge on any atom is 0.122 e. The van der Waals surface area contributed by atoms with E-state index in [0.29, 0.717) is 13.2 Å². The highest BCUT2D eigenvalue weighted by Crippen LogP contribution is 2.18. The predicted octanol–water partition coefficient (Wildman–Crippen LogP) is 3.22. The van der Waals surface area contributed by atoms with E-state index in [-0.39, 0.29) is 0 Å². The van der Waals surface area contributed by atoms with Gasteiger partial charge in [0.2, 0.25) is 0 Å². The summed E-state index contributed by atoms with van der Waals surface area (Å²) in [6.45, 7) is 8.22. The van der Waals surface area contributed by atoms with Crippen molar-refractivity contribution in [3.63, 3.8) is 0 Å². The Morgan fingerprint density at radius 3 is 2.67 bits per heavy atom. The lowest BCUT2D eigenvalue weighted by Gasteiger charge is -2.18. The van der Waals surface area contributed by atoms with Crippen LogP contribution in [0, 0.1) is 0 Å². The molecule has 0 bridgehead atoms. The lowest BCUT2D eigenvalue weighted by molar-refractivity contribution is 0.221. The van der Waals surface area contributed by atoms with Gasteiger partial charge in [-0.05, 0) is 30.3 Å². The zero-order valence-electron chi connectivity index (χ0n) is 11.0. The molecule has 0 unspecified atom stereocenters. The van der Waals surface area contributed by atoms with Crippen molar-refractivity contribution in [3.8, 4) is 5.75 Å². The molecule has 1 aromatic carbocycles. The molecule has 98 valence electrons. The number of likely N-dealkylation sites (N-methyl/N-ethyl adjacent to an activating group) is 1. The molecule has 0 aliphatic rings. The van der Waals surface area contributed by atoms with Gasteiger partial charge >= 0.3 is 0 Å². The normalized spacial score (nSPS) is 10.2. The third-order valence-corrected chi connectivity index (χ3v) is 2.84. The van der Waals surface area contributed by atoms with Crippen LogP contribution in [0.2, 0.25) is 0 Å². The van der Waals surface area contributed by atoms with Crippen molar-refractivity contribution in [3.05, 3.63) is 40.3 Å². The van der Waals surface area contributed by atoms with Crippen LogP contribution in [0.3, 0.4) is 0 Å². The summed E-state index contributed by atoms with van der Waals surface area (Å²) in [5.74, 6) is 0.803. The molecule has 1 rings (SSSR count). The molecule has 0 saturated heterocycles. The second-order valence-electron chi connectivity index (χ2n) is 3.87. The molecule has 0 heterocycles. The first-order chi connectivity index (χ1) is 8.81. The minimum absolute atomic E-state index is 0.331. The lowest BCUT2D eigenvalue weighted by Crippen LogP contribution is -2.28. The van der Waals surface area contributed by atoms with Crippen LogP contribution in [-0.2, 0) is 6.54 Å². The smallest absolute Gasteiger partial charge is 0.122 e. The average Bonchev–Trinajstić information content (AvgIpc) is 2.42. The molecule has 5 heteroatoms. The van der Waals surface area contributed by atoms with Crippen molar-refractivity contribution in [2.45, 2.75) is 20.4 Å². The number of ether oxygens (including phenoxy) is 1. The van der Waals surface area contributed by atoms with Crippen molar-refractivity contribution in [2.24, 2.45) is 5.11 Å². The molecule has 1 aromatic rings. The summed E-state index contributed by atoms with van der Waals surface area (Å²) in [6.07, 6.45) is 0. The second-order valence-corrected chi connectivity index (χ2v) is 3.87. The fourth-order valence-electron chi connectivity index (χ4n) is 1.71. The Balaban J connectivity index is 2.53. The van der Waals surface area contributed by atoms with Crippen molar-refractivity contribution in [1.29, 1.82) is 0 Å². The monoisotopic (exact) mass is 248 g/mol. The molecule has 0 aliphatic heterocycles. The van der Waals surface area contributed by atoms with Gasteiger partial charge in [-0.1, -0.05) is 37.2 Å². The number of rotatable bonds is 8. The molecule has 0 saturated carbocycles. The Morgan fingerprint density at radius 2 is 2.00 bits per heavy atom. The summed E-state index contributed by atoms with van der Waals surface area (Å²) in [5, 5.41) is 3.57.